The van der Waals surface area contributed by atoms with E-state index in [-0.39, 0.29) is 18.3 Å². The highest BCUT2D eigenvalue weighted by Gasteiger charge is 2.10. The van der Waals surface area contributed by atoms with Crippen molar-refractivity contribution in [2.24, 2.45) is 0 Å². The normalized spacial score (nSPS) is 10.8. The van der Waals surface area contributed by atoms with E-state index in [0.717, 1.165) is 10.9 Å². The molecule has 0 spiro atoms. The fourth-order valence-corrected chi connectivity index (χ4v) is 2.32. The molecule has 0 unspecified atom stereocenters. The summed E-state index contributed by atoms with van der Waals surface area (Å²) in [6.07, 6.45) is 0. The van der Waals surface area contributed by atoms with Crippen molar-refractivity contribution in [2.75, 3.05) is 0 Å². The second kappa shape index (κ2) is 5.58. The van der Waals surface area contributed by atoms with E-state index in [1.54, 1.807) is 36.4 Å². The van der Waals surface area contributed by atoms with Gasteiger partial charge in [-0.15, -0.1) is 0 Å². The van der Waals surface area contributed by atoms with Gasteiger partial charge in [-0.2, -0.15) is 0 Å². The summed E-state index contributed by atoms with van der Waals surface area (Å²) in [6.45, 7) is 0.141. The van der Waals surface area contributed by atoms with Crippen LogP contribution in [0, 0.1) is 5.82 Å². The molecule has 2 N–H and O–H groups in total. The molecule has 1 heterocycles. The van der Waals surface area contributed by atoms with Crippen LogP contribution >= 0.6 is 11.6 Å². The van der Waals surface area contributed by atoms with E-state index < -0.39 is 0 Å². The molecule has 0 saturated carbocycles. The minimum atomic E-state index is -0.332. The first-order valence-electron chi connectivity index (χ1n) is 6.43. The summed E-state index contributed by atoms with van der Waals surface area (Å²) >= 11 is 5.91. The van der Waals surface area contributed by atoms with E-state index in [2.05, 4.69) is 10.3 Å². The summed E-state index contributed by atoms with van der Waals surface area (Å²) in [7, 11) is 0. The van der Waals surface area contributed by atoms with Crippen LogP contribution in [-0.2, 0) is 6.54 Å². The van der Waals surface area contributed by atoms with E-state index in [4.69, 9.17) is 11.6 Å². The number of H-pyrrole nitrogens is 1. The molecule has 0 saturated heterocycles. The lowest BCUT2D eigenvalue weighted by atomic mass is 10.2. The predicted molar refractivity (Wildman–Crippen MR) is 80.9 cm³/mol. The van der Waals surface area contributed by atoms with Crippen LogP contribution in [0.5, 0.6) is 0 Å². The highest BCUT2D eigenvalue weighted by atomic mass is 35.5. The van der Waals surface area contributed by atoms with Crippen LogP contribution in [0.3, 0.4) is 0 Å². The molecule has 3 aromatic rings. The maximum atomic E-state index is 13.5. The molecule has 0 radical (unpaired) electrons. The van der Waals surface area contributed by atoms with Gasteiger partial charge in [0, 0.05) is 28.0 Å². The second-order valence-electron chi connectivity index (χ2n) is 4.69. The Morgan fingerprint density at radius 1 is 1.19 bits per heavy atom. The Hall–Kier alpha value is -2.33. The quantitative estimate of drug-likeness (QED) is 0.757. The molecule has 0 aliphatic rings. The van der Waals surface area contributed by atoms with Crippen molar-refractivity contribution >= 4 is 28.4 Å². The van der Waals surface area contributed by atoms with Crippen LogP contribution < -0.4 is 5.32 Å². The fourth-order valence-electron chi connectivity index (χ4n) is 2.14. The summed E-state index contributed by atoms with van der Waals surface area (Å²) in [5.41, 5.74) is 1.70. The number of aromatic amines is 1. The number of hydrogen-bond acceptors (Lipinski definition) is 1. The van der Waals surface area contributed by atoms with Gasteiger partial charge >= 0.3 is 0 Å². The van der Waals surface area contributed by atoms with Crippen LogP contribution in [0.25, 0.3) is 10.9 Å². The number of halogens is 2. The maximum absolute atomic E-state index is 13.5. The molecule has 5 heteroatoms. The minimum absolute atomic E-state index is 0.141. The van der Waals surface area contributed by atoms with Crippen LogP contribution in [0.15, 0.2) is 48.5 Å². The Morgan fingerprint density at radius 3 is 2.81 bits per heavy atom. The summed E-state index contributed by atoms with van der Waals surface area (Å²) in [5, 5.41) is 4.16. The van der Waals surface area contributed by atoms with Crippen LogP contribution in [0.4, 0.5) is 4.39 Å². The summed E-state index contributed by atoms with van der Waals surface area (Å²) < 4.78 is 13.5. The van der Waals surface area contributed by atoms with Gasteiger partial charge in [-0.3, -0.25) is 4.79 Å². The van der Waals surface area contributed by atoms with E-state index >= 15 is 0 Å². The first kappa shape index (κ1) is 13.6. The van der Waals surface area contributed by atoms with Gasteiger partial charge < -0.3 is 10.3 Å². The van der Waals surface area contributed by atoms with Gasteiger partial charge in [-0.1, -0.05) is 29.8 Å². The zero-order chi connectivity index (χ0) is 14.8. The predicted octanol–water partition coefficient (Wildman–Crippen LogP) is 3.89. The maximum Gasteiger partial charge on any atom is 0.267 e. The average Bonchev–Trinajstić information content (AvgIpc) is 2.89. The zero-order valence-corrected chi connectivity index (χ0v) is 11.7. The van der Waals surface area contributed by atoms with Crippen molar-refractivity contribution in [1.82, 2.24) is 10.3 Å². The first-order valence-corrected chi connectivity index (χ1v) is 6.81. The topological polar surface area (TPSA) is 44.9 Å². The lowest BCUT2D eigenvalue weighted by molar-refractivity contribution is 0.0946. The fraction of sp³-hybridized carbons (Fsp3) is 0.0625. The highest BCUT2D eigenvalue weighted by Crippen LogP contribution is 2.20. The molecule has 106 valence electrons. The molecule has 0 aliphatic carbocycles. The Kier molecular flexibility index (Phi) is 3.62. The van der Waals surface area contributed by atoms with Crippen LogP contribution in [-0.4, -0.2) is 10.9 Å². The van der Waals surface area contributed by atoms with Crippen LogP contribution in [0.2, 0.25) is 5.02 Å². The highest BCUT2D eigenvalue weighted by molar-refractivity contribution is 6.31. The average molecular weight is 303 g/mol. The van der Waals surface area contributed by atoms with Gasteiger partial charge in [0.05, 0.1) is 0 Å². The van der Waals surface area contributed by atoms with Crippen molar-refractivity contribution in [3.8, 4) is 0 Å². The molecule has 2 aromatic carbocycles. The number of benzene rings is 2. The summed E-state index contributed by atoms with van der Waals surface area (Å²) in [4.78, 5) is 15.1. The molecule has 0 fully saturated rings. The molecule has 0 bridgehead atoms. The third kappa shape index (κ3) is 2.90. The Labute approximate surface area is 125 Å². The molecule has 1 amide bonds. The summed E-state index contributed by atoms with van der Waals surface area (Å²) in [6, 6.07) is 13.4. The van der Waals surface area contributed by atoms with Crippen molar-refractivity contribution in [3.63, 3.8) is 0 Å². The molecule has 21 heavy (non-hydrogen) atoms. The molecule has 1 aromatic heterocycles. The first-order chi connectivity index (χ1) is 10.1. The van der Waals surface area contributed by atoms with E-state index in [9.17, 15) is 9.18 Å². The van der Waals surface area contributed by atoms with Crippen molar-refractivity contribution in [2.45, 2.75) is 6.54 Å². The van der Waals surface area contributed by atoms with Gasteiger partial charge in [0.25, 0.3) is 5.91 Å². The van der Waals surface area contributed by atoms with Crippen molar-refractivity contribution < 1.29 is 9.18 Å². The molecular weight excluding hydrogens is 291 g/mol. The standard InChI is InChI=1S/C16H12ClFN2O/c17-12-5-6-14-11(7-12)8-15(20-14)16(21)19-9-10-3-1-2-4-13(10)18/h1-8,20H,9H2,(H,19,21). The number of carbonyl (C=O) groups is 1. The van der Waals surface area contributed by atoms with Gasteiger partial charge in [-0.05, 0) is 30.3 Å². The Morgan fingerprint density at radius 2 is 2.00 bits per heavy atom. The molecular formula is C16H12ClFN2O. The van der Waals surface area contributed by atoms with Gasteiger partial charge in [0.15, 0.2) is 0 Å². The number of hydrogen-bond donors (Lipinski definition) is 2. The van der Waals surface area contributed by atoms with Crippen LogP contribution in [0.1, 0.15) is 16.1 Å². The minimum Gasteiger partial charge on any atom is -0.351 e. The van der Waals surface area contributed by atoms with Gasteiger partial charge in [-0.25, -0.2) is 4.39 Å². The van der Waals surface area contributed by atoms with E-state index in [1.807, 2.05) is 6.07 Å². The van der Waals surface area contributed by atoms with Gasteiger partial charge in [0.1, 0.15) is 11.5 Å². The number of nitrogens with one attached hydrogen (secondary N) is 2. The monoisotopic (exact) mass is 302 g/mol. The third-order valence-corrected chi connectivity index (χ3v) is 3.46. The third-order valence-electron chi connectivity index (χ3n) is 3.22. The Balaban J connectivity index is 1.76. The van der Waals surface area contributed by atoms with E-state index in [0.29, 0.717) is 16.3 Å². The number of fused-ring (bicyclic) bond motifs is 1. The number of rotatable bonds is 3. The second-order valence-corrected chi connectivity index (χ2v) is 5.13. The molecule has 3 nitrogen and oxygen atoms in total. The number of carbonyl (C=O) groups excluding carboxylic acids is 1. The smallest absolute Gasteiger partial charge is 0.267 e. The summed E-state index contributed by atoms with van der Waals surface area (Å²) in [5.74, 6) is -0.619. The number of aromatic nitrogens is 1. The molecule has 0 atom stereocenters. The largest absolute Gasteiger partial charge is 0.351 e. The van der Waals surface area contributed by atoms with E-state index in [1.165, 1.54) is 6.07 Å². The zero-order valence-electron chi connectivity index (χ0n) is 11.0. The SMILES string of the molecule is O=C(NCc1ccccc1F)c1cc2cc(Cl)ccc2[nH]1. The van der Waals surface area contributed by atoms with Crippen molar-refractivity contribution in [1.29, 1.82) is 0 Å². The Bertz CT molecular complexity index is 813. The molecule has 3 rings (SSSR count). The number of amides is 1. The lowest BCUT2D eigenvalue weighted by Gasteiger charge is -2.04. The molecule has 0 aliphatic heterocycles. The van der Waals surface area contributed by atoms with Crippen molar-refractivity contribution in [3.05, 3.63) is 70.6 Å². The van der Waals surface area contributed by atoms with Gasteiger partial charge in [0.2, 0.25) is 0 Å². The lowest BCUT2D eigenvalue weighted by Crippen LogP contribution is -2.23.